The molecule has 0 atom stereocenters. The van der Waals surface area contributed by atoms with Crippen LogP contribution in [-0.2, 0) is 22.6 Å². The van der Waals surface area contributed by atoms with Crippen LogP contribution < -0.4 is 0 Å². The Morgan fingerprint density at radius 3 is 2.71 bits per heavy atom. The van der Waals surface area contributed by atoms with Crippen LogP contribution in [0.1, 0.15) is 45.6 Å². The summed E-state index contributed by atoms with van der Waals surface area (Å²) in [6.45, 7) is 7.52. The van der Waals surface area contributed by atoms with Crippen molar-refractivity contribution in [3.8, 4) is 0 Å². The van der Waals surface area contributed by atoms with Gasteiger partial charge in [-0.15, -0.1) is 0 Å². The van der Waals surface area contributed by atoms with Crippen LogP contribution in [0, 0.1) is 0 Å². The van der Waals surface area contributed by atoms with Gasteiger partial charge in [-0.3, -0.25) is 4.68 Å². The highest BCUT2D eigenvalue weighted by Gasteiger charge is 2.35. The van der Waals surface area contributed by atoms with E-state index in [-0.39, 0.29) is 12.1 Å². The van der Waals surface area contributed by atoms with E-state index in [4.69, 9.17) is 21.1 Å². The quantitative estimate of drug-likeness (QED) is 0.507. The van der Waals surface area contributed by atoms with Crippen molar-refractivity contribution in [2.75, 3.05) is 13.7 Å². The van der Waals surface area contributed by atoms with Gasteiger partial charge in [-0.25, -0.2) is 4.79 Å². The summed E-state index contributed by atoms with van der Waals surface area (Å²) < 4.78 is 13.4. The highest BCUT2D eigenvalue weighted by Crippen LogP contribution is 2.34. The Kier molecular flexibility index (Phi) is 6.57. The zero-order valence-corrected chi connectivity index (χ0v) is 19.1. The van der Waals surface area contributed by atoms with Crippen LogP contribution in [0.4, 0.5) is 4.79 Å². The third-order valence-electron chi connectivity index (χ3n) is 4.51. The molecule has 28 heavy (non-hydrogen) atoms. The Labute approximate surface area is 179 Å². The lowest BCUT2D eigenvalue weighted by molar-refractivity contribution is 0.0217. The zero-order valence-electron chi connectivity index (χ0n) is 16.8. The van der Waals surface area contributed by atoms with E-state index in [0.717, 1.165) is 46.9 Å². The molecule has 1 aliphatic carbocycles. The number of hydrogen-bond acceptors (Lipinski definition) is 4. The van der Waals surface area contributed by atoms with Crippen molar-refractivity contribution < 1.29 is 14.3 Å². The van der Waals surface area contributed by atoms with E-state index in [1.165, 1.54) is 0 Å². The number of rotatable bonds is 7. The molecule has 0 bridgehead atoms. The minimum absolute atomic E-state index is 0.239. The first-order chi connectivity index (χ1) is 13.2. The lowest BCUT2D eigenvalue weighted by Crippen LogP contribution is -2.37. The monoisotopic (exact) mass is 471 g/mol. The van der Waals surface area contributed by atoms with Gasteiger partial charge in [-0.1, -0.05) is 11.6 Å². The van der Waals surface area contributed by atoms with E-state index in [2.05, 4.69) is 27.1 Å². The van der Waals surface area contributed by atoms with Crippen LogP contribution in [0.25, 0.3) is 10.9 Å². The molecule has 1 aromatic heterocycles. The first-order valence-electron chi connectivity index (χ1n) is 9.52. The predicted molar refractivity (Wildman–Crippen MR) is 114 cm³/mol. The average molecular weight is 473 g/mol. The highest BCUT2D eigenvalue weighted by atomic mass is 79.9. The maximum Gasteiger partial charge on any atom is 0.410 e. The van der Waals surface area contributed by atoms with Crippen LogP contribution in [0.2, 0.25) is 5.02 Å². The Bertz CT molecular complexity index is 858. The molecule has 1 fully saturated rings. The van der Waals surface area contributed by atoms with Gasteiger partial charge in [0, 0.05) is 32.8 Å². The fraction of sp³-hybridized carbons (Fsp3) is 0.600. The molecule has 0 saturated heterocycles. The first-order valence-corrected chi connectivity index (χ1v) is 10.7. The molecule has 2 aromatic rings. The molecule has 8 heteroatoms. The van der Waals surface area contributed by atoms with Crippen LogP contribution in [0.15, 0.2) is 16.7 Å². The largest absolute Gasteiger partial charge is 0.444 e. The van der Waals surface area contributed by atoms with Crippen LogP contribution >= 0.6 is 27.5 Å². The normalized spacial score (nSPS) is 14.5. The third-order valence-corrected chi connectivity index (χ3v) is 5.36. The molecule has 0 unspecified atom stereocenters. The summed E-state index contributed by atoms with van der Waals surface area (Å²) in [4.78, 5) is 14.5. The number of halogens is 2. The number of aryl methyl sites for hydroxylation is 1. The molecule has 154 valence electrons. The van der Waals surface area contributed by atoms with Crippen molar-refractivity contribution in [2.45, 2.75) is 64.8 Å². The Balaban J connectivity index is 1.87. The number of carbonyl (C=O) groups excluding carboxylic acids is 1. The van der Waals surface area contributed by atoms with E-state index in [9.17, 15) is 4.79 Å². The van der Waals surface area contributed by atoms with Crippen molar-refractivity contribution in [3.05, 3.63) is 27.3 Å². The molecule has 0 aliphatic heterocycles. The Morgan fingerprint density at radius 1 is 1.39 bits per heavy atom. The van der Waals surface area contributed by atoms with Gasteiger partial charge in [0.15, 0.2) is 0 Å². The lowest BCUT2D eigenvalue weighted by atomic mass is 10.1. The van der Waals surface area contributed by atoms with Crippen molar-refractivity contribution in [1.82, 2.24) is 14.7 Å². The van der Waals surface area contributed by atoms with Gasteiger partial charge in [0.1, 0.15) is 10.2 Å². The molecule has 6 nitrogen and oxygen atoms in total. The Hall–Kier alpha value is -1.31. The molecule has 1 heterocycles. The summed E-state index contributed by atoms with van der Waals surface area (Å²) in [7, 11) is 1.69. The number of hydrogen-bond donors (Lipinski definition) is 0. The molecule has 1 aromatic carbocycles. The molecule has 1 saturated carbocycles. The summed E-state index contributed by atoms with van der Waals surface area (Å²) in [5, 5.41) is 6.07. The number of methoxy groups -OCH3 is 1. The SMILES string of the molecule is COCCCn1nc(Br)c2c(Cl)cc(CN(C(=O)OC(C)(C)C)C3CC3)cc21. The van der Waals surface area contributed by atoms with Crippen molar-refractivity contribution in [2.24, 2.45) is 0 Å². The molecule has 0 N–H and O–H groups in total. The minimum atomic E-state index is -0.517. The summed E-state index contributed by atoms with van der Waals surface area (Å²) >= 11 is 10.1. The van der Waals surface area contributed by atoms with Crippen molar-refractivity contribution >= 4 is 44.5 Å². The number of benzene rings is 1. The second kappa shape index (κ2) is 8.59. The summed E-state index contributed by atoms with van der Waals surface area (Å²) in [5.41, 5.74) is 1.40. The topological polar surface area (TPSA) is 56.6 Å². The molecule has 0 spiro atoms. The van der Waals surface area contributed by atoms with Gasteiger partial charge in [-0.2, -0.15) is 5.10 Å². The first kappa shape index (κ1) is 21.4. The van der Waals surface area contributed by atoms with E-state index < -0.39 is 5.60 Å². The summed E-state index contributed by atoms with van der Waals surface area (Å²) in [6.07, 6.45) is 2.60. The van der Waals surface area contributed by atoms with E-state index in [1.54, 1.807) is 7.11 Å². The molecule has 1 amide bonds. The number of nitrogens with zero attached hydrogens (tertiary/aromatic N) is 3. The van der Waals surface area contributed by atoms with Crippen LogP contribution in [0.3, 0.4) is 0 Å². The number of carbonyl (C=O) groups is 1. The predicted octanol–water partition coefficient (Wildman–Crippen LogP) is 5.39. The maximum atomic E-state index is 12.7. The van der Waals surface area contributed by atoms with Gasteiger partial charge >= 0.3 is 6.09 Å². The van der Waals surface area contributed by atoms with Gasteiger partial charge < -0.3 is 14.4 Å². The van der Waals surface area contributed by atoms with E-state index in [1.807, 2.05) is 36.4 Å². The average Bonchev–Trinajstić information content (AvgIpc) is 3.36. The second-order valence-electron chi connectivity index (χ2n) is 8.17. The number of ether oxygens (including phenoxy) is 2. The van der Waals surface area contributed by atoms with E-state index >= 15 is 0 Å². The third kappa shape index (κ3) is 5.19. The van der Waals surface area contributed by atoms with Gasteiger partial charge in [0.05, 0.1) is 15.9 Å². The molecular formula is C20H27BrClN3O3. The zero-order chi connectivity index (χ0) is 20.5. The molecule has 1 aliphatic rings. The number of aromatic nitrogens is 2. The van der Waals surface area contributed by atoms with Gasteiger partial charge in [-0.05, 0) is 73.7 Å². The van der Waals surface area contributed by atoms with Gasteiger partial charge in [0.2, 0.25) is 0 Å². The fourth-order valence-corrected chi connectivity index (χ4v) is 4.18. The van der Waals surface area contributed by atoms with E-state index in [0.29, 0.717) is 18.2 Å². The fourth-order valence-electron chi connectivity index (χ4n) is 3.13. The standard InChI is InChI=1S/C20H27BrClN3O3/c1-20(2,3)28-19(26)24(14-6-7-14)12-13-10-15(22)17-16(11-13)25(23-18(17)21)8-5-9-27-4/h10-11,14H,5-9,12H2,1-4H3. The molecule has 0 radical (unpaired) electrons. The maximum absolute atomic E-state index is 12.7. The molecule has 3 rings (SSSR count). The highest BCUT2D eigenvalue weighted by molar-refractivity contribution is 9.10. The number of amides is 1. The Morgan fingerprint density at radius 2 is 2.11 bits per heavy atom. The van der Waals surface area contributed by atoms with Crippen LogP contribution in [0.5, 0.6) is 0 Å². The number of fused-ring (bicyclic) bond motifs is 1. The van der Waals surface area contributed by atoms with Gasteiger partial charge in [0.25, 0.3) is 0 Å². The summed E-state index contributed by atoms with van der Waals surface area (Å²) in [6, 6.07) is 4.21. The summed E-state index contributed by atoms with van der Waals surface area (Å²) in [5.74, 6) is 0. The minimum Gasteiger partial charge on any atom is -0.444 e. The van der Waals surface area contributed by atoms with Crippen molar-refractivity contribution in [3.63, 3.8) is 0 Å². The smallest absolute Gasteiger partial charge is 0.410 e. The molecular weight excluding hydrogens is 446 g/mol. The second-order valence-corrected chi connectivity index (χ2v) is 9.33. The lowest BCUT2D eigenvalue weighted by Gasteiger charge is -2.27. The van der Waals surface area contributed by atoms with Crippen LogP contribution in [-0.4, -0.2) is 46.1 Å². The van der Waals surface area contributed by atoms with Crippen molar-refractivity contribution in [1.29, 1.82) is 0 Å².